The fraction of sp³-hybridized carbons (Fsp3) is 0.235. The highest BCUT2D eigenvalue weighted by molar-refractivity contribution is 5.83. The highest BCUT2D eigenvalue weighted by Gasteiger charge is 2.33. The largest absolute Gasteiger partial charge is 0.493 e. The summed E-state index contributed by atoms with van der Waals surface area (Å²) < 4.78 is 5.67. The van der Waals surface area contributed by atoms with Crippen LogP contribution in [0.4, 0.5) is 0 Å². The Morgan fingerprint density at radius 3 is 2.55 bits per heavy atom. The summed E-state index contributed by atoms with van der Waals surface area (Å²) in [5, 5.41) is 0. The molecule has 3 heteroatoms. The van der Waals surface area contributed by atoms with E-state index in [-0.39, 0.29) is 17.7 Å². The second kappa shape index (κ2) is 5.37. The molecule has 2 aromatic rings. The van der Waals surface area contributed by atoms with Crippen LogP contribution in [0.15, 0.2) is 54.6 Å². The first kappa shape index (κ1) is 12.7. The van der Waals surface area contributed by atoms with E-state index in [9.17, 15) is 4.79 Å². The number of fused-ring (bicyclic) bond motifs is 1. The van der Waals surface area contributed by atoms with Crippen molar-refractivity contribution in [2.24, 2.45) is 5.73 Å². The highest BCUT2D eigenvalue weighted by atomic mass is 16.5. The van der Waals surface area contributed by atoms with Crippen molar-refractivity contribution < 1.29 is 9.53 Å². The lowest BCUT2D eigenvalue weighted by Crippen LogP contribution is -2.30. The number of nitrogens with two attached hydrogens (primary N) is 1. The molecule has 0 saturated heterocycles. The van der Waals surface area contributed by atoms with Gasteiger partial charge in [-0.05, 0) is 23.6 Å². The van der Waals surface area contributed by atoms with Gasteiger partial charge in [0.2, 0.25) is 5.91 Å². The summed E-state index contributed by atoms with van der Waals surface area (Å²) in [5.74, 6) is 0.366. The van der Waals surface area contributed by atoms with Crippen LogP contribution in [-0.4, -0.2) is 12.5 Å². The molecule has 20 heavy (non-hydrogen) atoms. The lowest BCUT2D eigenvalue weighted by Gasteiger charge is -2.31. The number of amides is 1. The summed E-state index contributed by atoms with van der Waals surface area (Å²) in [7, 11) is 0. The number of rotatable bonds is 3. The molecule has 3 nitrogen and oxygen atoms in total. The molecule has 2 atom stereocenters. The number of primary amides is 1. The second-order valence-corrected chi connectivity index (χ2v) is 5.07. The van der Waals surface area contributed by atoms with Crippen molar-refractivity contribution in [2.45, 2.75) is 18.3 Å². The third-order valence-corrected chi connectivity index (χ3v) is 3.87. The molecule has 2 aromatic carbocycles. The zero-order chi connectivity index (χ0) is 13.9. The van der Waals surface area contributed by atoms with Gasteiger partial charge in [0.15, 0.2) is 0 Å². The minimum Gasteiger partial charge on any atom is -0.493 e. The van der Waals surface area contributed by atoms with Crippen molar-refractivity contribution in [3.05, 3.63) is 65.7 Å². The molecular formula is C17H17NO2. The lowest BCUT2D eigenvalue weighted by atomic mass is 9.78. The number of benzene rings is 2. The van der Waals surface area contributed by atoms with Gasteiger partial charge in [-0.1, -0.05) is 48.5 Å². The van der Waals surface area contributed by atoms with Crippen molar-refractivity contribution in [2.75, 3.05) is 6.61 Å². The van der Waals surface area contributed by atoms with Crippen molar-refractivity contribution >= 4 is 5.91 Å². The van der Waals surface area contributed by atoms with E-state index >= 15 is 0 Å². The van der Waals surface area contributed by atoms with Crippen molar-refractivity contribution in [3.8, 4) is 5.75 Å². The first-order chi connectivity index (χ1) is 9.77. The maximum Gasteiger partial charge on any atom is 0.225 e. The Morgan fingerprint density at radius 2 is 1.80 bits per heavy atom. The summed E-state index contributed by atoms with van der Waals surface area (Å²) in [6.07, 6.45) is 0.805. The quantitative estimate of drug-likeness (QED) is 0.929. The van der Waals surface area contributed by atoms with E-state index in [1.807, 2.05) is 54.6 Å². The third-order valence-electron chi connectivity index (χ3n) is 3.87. The highest BCUT2D eigenvalue weighted by Crippen LogP contribution is 2.42. The van der Waals surface area contributed by atoms with E-state index < -0.39 is 0 Å². The Balaban J connectivity index is 2.04. The van der Waals surface area contributed by atoms with E-state index in [4.69, 9.17) is 10.5 Å². The second-order valence-electron chi connectivity index (χ2n) is 5.07. The fourth-order valence-electron chi connectivity index (χ4n) is 2.97. The molecule has 1 heterocycles. The molecule has 1 aliphatic heterocycles. The van der Waals surface area contributed by atoms with Gasteiger partial charge in [0.1, 0.15) is 5.75 Å². The van der Waals surface area contributed by atoms with E-state index in [1.165, 1.54) is 0 Å². The van der Waals surface area contributed by atoms with Crippen LogP contribution >= 0.6 is 0 Å². The van der Waals surface area contributed by atoms with E-state index in [0.29, 0.717) is 6.61 Å². The summed E-state index contributed by atoms with van der Waals surface area (Å²) in [6, 6.07) is 17.7. The summed E-state index contributed by atoms with van der Waals surface area (Å²) >= 11 is 0. The molecule has 0 aromatic heterocycles. The van der Waals surface area contributed by atoms with Gasteiger partial charge in [0.25, 0.3) is 0 Å². The molecule has 0 radical (unpaired) electrons. The lowest BCUT2D eigenvalue weighted by molar-refractivity contribution is -0.120. The molecule has 1 aliphatic rings. The van der Waals surface area contributed by atoms with E-state index in [1.54, 1.807) is 0 Å². The molecule has 0 aliphatic carbocycles. The predicted octanol–water partition coefficient (Wildman–Crippen LogP) is 2.82. The molecule has 0 saturated carbocycles. The van der Waals surface area contributed by atoms with Gasteiger partial charge >= 0.3 is 0 Å². The molecule has 0 bridgehead atoms. The molecule has 102 valence electrons. The number of ether oxygens (including phenoxy) is 1. The van der Waals surface area contributed by atoms with Gasteiger partial charge in [-0.25, -0.2) is 0 Å². The summed E-state index contributed by atoms with van der Waals surface area (Å²) in [6.45, 7) is 0.623. The van der Waals surface area contributed by atoms with E-state index in [2.05, 4.69) is 0 Å². The van der Waals surface area contributed by atoms with Crippen LogP contribution in [0.2, 0.25) is 0 Å². The molecular weight excluding hydrogens is 250 g/mol. The van der Waals surface area contributed by atoms with Crippen LogP contribution < -0.4 is 10.5 Å². The number of carbonyl (C=O) groups excluding carboxylic acids is 1. The fourth-order valence-corrected chi connectivity index (χ4v) is 2.97. The average Bonchev–Trinajstić information content (AvgIpc) is 2.48. The Bertz CT molecular complexity index is 609. The van der Waals surface area contributed by atoms with E-state index in [0.717, 1.165) is 23.3 Å². The minimum absolute atomic E-state index is 0.0832. The van der Waals surface area contributed by atoms with Crippen LogP contribution in [0.1, 0.15) is 29.4 Å². The molecule has 3 rings (SSSR count). The monoisotopic (exact) mass is 267 g/mol. The normalized spacial score (nSPS) is 18.7. The van der Waals surface area contributed by atoms with Gasteiger partial charge < -0.3 is 10.5 Å². The molecule has 1 unspecified atom stereocenters. The van der Waals surface area contributed by atoms with Gasteiger partial charge in [0.05, 0.1) is 12.5 Å². The molecule has 0 spiro atoms. The standard InChI is InChI=1S/C17H17NO2/c18-17(19)16(12-6-2-1-3-7-12)14-10-11-20-15-9-5-4-8-13(14)15/h1-9,14,16H,10-11H2,(H2,18,19)/t14-,16?/m1/s1. The number of hydrogen-bond acceptors (Lipinski definition) is 2. The third kappa shape index (κ3) is 2.27. The van der Waals surface area contributed by atoms with Crippen LogP contribution in [-0.2, 0) is 4.79 Å². The average molecular weight is 267 g/mol. The Hall–Kier alpha value is -2.29. The van der Waals surface area contributed by atoms with Gasteiger partial charge in [-0.2, -0.15) is 0 Å². The molecule has 1 amide bonds. The van der Waals surface area contributed by atoms with Crippen molar-refractivity contribution in [1.29, 1.82) is 0 Å². The zero-order valence-electron chi connectivity index (χ0n) is 11.2. The maximum absolute atomic E-state index is 12.0. The van der Waals surface area contributed by atoms with Gasteiger partial charge in [-0.3, -0.25) is 4.79 Å². The number of hydrogen-bond donors (Lipinski definition) is 1. The topological polar surface area (TPSA) is 52.3 Å². The SMILES string of the molecule is NC(=O)C(c1ccccc1)[C@@H]1CCOc2ccccc21. The first-order valence-electron chi connectivity index (χ1n) is 6.83. The van der Waals surface area contributed by atoms with Crippen molar-refractivity contribution in [1.82, 2.24) is 0 Å². The Labute approximate surface area is 118 Å². The smallest absolute Gasteiger partial charge is 0.225 e. The molecule has 2 N–H and O–H groups in total. The van der Waals surface area contributed by atoms with Crippen LogP contribution in [0.3, 0.4) is 0 Å². The first-order valence-corrected chi connectivity index (χ1v) is 6.83. The van der Waals surface area contributed by atoms with Crippen LogP contribution in [0.25, 0.3) is 0 Å². The van der Waals surface area contributed by atoms with Gasteiger partial charge in [0, 0.05) is 5.92 Å². The zero-order valence-corrected chi connectivity index (χ0v) is 11.2. The summed E-state index contributed by atoms with van der Waals surface area (Å²) in [4.78, 5) is 12.0. The van der Waals surface area contributed by atoms with Crippen LogP contribution in [0, 0.1) is 0 Å². The van der Waals surface area contributed by atoms with Crippen LogP contribution in [0.5, 0.6) is 5.75 Å². The minimum atomic E-state index is -0.304. The maximum atomic E-state index is 12.0. The predicted molar refractivity (Wildman–Crippen MR) is 77.7 cm³/mol. The number of carbonyl (C=O) groups is 1. The molecule has 0 fully saturated rings. The van der Waals surface area contributed by atoms with Crippen molar-refractivity contribution in [3.63, 3.8) is 0 Å². The summed E-state index contributed by atoms with van der Waals surface area (Å²) in [5.41, 5.74) is 7.73. The number of para-hydroxylation sites is 1. The van der Waals surface area contributed by atoms with Gasteiger partial charge in [-0.15, -0.1) is 0 Å². The Kier molecular flexibility index (Phi) is 3.42. The Morgan fingerprint density at radius 1 is 1.10 bits per heavy atom.